The normalized spacial score (nSPS) is 10.4. The number of hydrogen-bond acceptors (Lipinski definition) is 3. The zero-order valence-electron chi connectivity index (χ0n) is 14.2. The number of rotatable bonds is 6. The molecule has 0 amide bonds. The maximum atomic E-state index is 6.18. The molecule has 1 heterocycles. The van der Waals surface area contributed by atoms with Crippen molar-refractivity contribution < 1.29 is 9.15 Å². The molecule has 1 aromatic heterocycles. The fourth-order valence-electron chi connectivity index (χ4n) is 2.57. The van der Waals surface area contributed by atoms with Crippen LogP contribution in [0.4, 0.5) is 0 Å². The molecule has 1 N–H and O–H groups in total. The van der Waals surface area contributed by atoms with Gasteiger partial charge in [-0.2, -0.15) is 0 Å². The van der Waals surface area contributed by atoms with Gasteiger partial charge in [0.05, 0.1) is 13.7 Å². The highest BCUT2D eigenvalue weighted by atomic mass is 35.5. The maximum Gasteiger partial charge on any atom is 0.134 e. The summed E-state index contributed by atoms with van der Waals surface area (Å²) in [7, 11) is 1.67. The van der Waals surface area contributed by atoms with E-state index < -0.39 is 0 Å². The smallest absolute Gasteiger partial charge is 0.134 e. The molecule has 3 nitrogen and oxygen atoms in total. The third-order valence-electron chi connectivity index (χ3n) is 3.98. The fourth-order valence-corrected chi connectivity index (χ4v) is 2.74. The molecule has 0 aliphatic carbocycles. The number of hydrogen-bond donors (Lipinski definition) is 1. The Morgan fingerprint density at radius 1 is 1.00 bits per heavy atom. The Morgan fingerprint density at radius 3 is 2.48 bits per heavy atom. The Kier molecular flexibility index (Phi) is 6.94. The fraction of sp³-hybridized carbons (Fsp3) is 0.200. The number of ether oxygens (including phenoxy) is 1. The average molecular weight is 378 g/mol. The molecule has 25 heavy (non-hydrogen) atoms. The Labute approximate surface area is 159 Å². The van der Waals surface area contributed by atoms with Crippen LogP contribution in [0.15, 0.2) is 59.0 Å². The Morgan fingerprint density at radius 2 is 1.76 bits per heavy atom. The summed E-state index contributed by atoms with van der Waals surface area (Å²) in [6.45, 7) is 3.45. The lowest BCUT2D eigenvalue weighted by Crippen LogP contribution is -2.11. The first-order valence-corrected chi connectivity index (χ1v) is 8.23. The summed E-state index contributed by atoms with van der Waals surface area (Å²) in [5, 5.41) is 4.14. The molecule has 0 fully saturated rings. The predicted molar refractivity (Wildman–Crippen MR) is 105 cm³/mol. The summed E-state index contributed by atoms with van der Waals surface area (Å²) >= 11 is 6.18. The van der Waals surface area contributed by atoms with Crippen LogP contribution in [0.1, 0.15) is 16.9 Å². The van der Waals surface area contributed by atoms with Crippen molar-refractivity contribution in [3.8, 4) is 17.1 Å². The second-order valence-electron chi connectivity index (χ2n) is 5.63. The van der Waals surface area contributed by atoms with E-state index in [0.29, 0.717) is 6.54 Å². The van der Waals surface area contributed by atoms with Gasteiger partial charge in [0, 0.05) is 17.1 Å². The Balaban J connectivity index is 0.00000225. The van der Waals surface area contributed by atoms with E-state index in [4.69, 9.17) is 20.8 Å². The second-order valence-corrected chi connectivity index (χ2v) is 6.04. The van der Waals surface area contributed by atoms with Crippen LogP contribution in [0.2, 0.25) is 5.02 Å². The topological polar surface area (TPSA) is 34.4 Å². The van der Waals surface area contributed by atoms with Gasteiger partial charge in [0.25, 0.3) is 0 Å². The van der Waals surface area contributed by atoms with Gasteiger partial charge in [-0.05, 0) is 48.4 Å². The lowest BCUT2D eigenvalue weighted by atomic mass is 10.1. The van der Waals surface area contributed by atoms with Gasteiger partial charge in [-0.15, -0.1) is 12.4 Å². The molecule has 0 aliphatic rings. The highest BCUT2D eigenvalue weighted by Gasteiger charge is 2.09. The lowest BCUT2D eigenvalue weighted by Gasteiger charge is -2.06. The van der Waals surface area contributed by atoms with Crippen LogP contribution in [-0.2, 0) is 13.1 Å². The van der Waals surface area contributed by atoms with E-state index in [1.165, 1.54) is 5.56 Å². The van der Waals surface area contributed by atoms with Crippen molar-refractivity contribution in [1.29, 1.82) is 0 Å². The van der Waals surface area contributed by atoms with Gasteiger partial charge < -0.3 is 14.5 Å². The predicted octanol–water partition coefficient (Wildman–Crippen LogP) is 5.63. The Hall–Kier alpha value is -1.94. The van der Waals surface area contributed by atoms with E-state index in [0.717, 1.165) is 40.0 Å². The number of furan rings is 1. The van der Waals surface area contributed by atoms with Crippen molar-refractivity contribution in [3.05, 3.63) is 76.5 Å². The number of halogens is 2. The van der Waals surface area contributed by atoms with Crippen LogP contribution < -0.4 is 10.1 Å². The van der Waals surface area contributed by atoms with Gasteiger partial charge in [0.15, 0.2) is 0 Å². The van der Waals surface area contributed by atoms with Crippen LogP contribution in [-0.4, -0.2) is 7.11 Å². The van der Waals surface area contributed by atoms with Gasteiger partial charge in [-0.25, -0.2) is 0 Å². The summed E-state index contributed by atoms with van der Waals surface area (Å²) in [6.07, 6.45) is 0. The molecule has 0 radical (unpaired) electrons. The minimum absolute atomic E-state index is 0. The zero-order valence-corrected chi connectivity index (χ0v) is 15.8. The van der Waals surface area contributed by atoms with Gasteiger partial charge in [-0.3, -0.25) is 0 Å². The number of benzene rings is 2. The first-order valence-electron chi connectivity index (χ1n) is 7.85. The van der Waals surface area contributed by atoms with Crippen molar-refractivity contribution in [3.63, 3.8) is 0 Å². The zero-order chi connectivity index (χ0) is 16.9. The molecule has 0 bridgehead atoms. The van der Waals surface area contributed by atoms with Crippen LogP contribution in [0.5, 0.6) is 5.75 Å². The molecule has 0 spiro atoms. The Bertz CT molecular complexity index is 813. The standard InChI is InChI=1S/C20H20ClNO2.ClH/c1-14-18(4-3-5-19(14)21)20-11-10-17(24-20)13-22-12-15-6-8-16(23-2)9-7-15;/h3-11,22H,12-13H2,1-2H3;1H. The van der Waals surface area contributed by atoms with Crippen LogP contribution in [0.3, 0.4) is 0 Å². The van der Waals surface area contributed by atoms with Crippen LogP contribution in [0.25, 0.3) is 11.3 Å². The van der Waals surface area contributed by atoms with Crippen molar-refractivity contribution >= 4 is 24.0 Å². The van der Waals surface area contributed by atoms with E-state index in [2.05, 4.69) is 17.4 Å². The SMILES string of the molecule is COc1ccc(CNCc2ccc(-c3cccc(Cl)c3C)o2)cc1.Cl. The first kappa shape index (κ1) is 19.4. The maximum absolute atomic E-state index is 6.18. The number of nitrogens with one attached hydrogen (secondary N) is 1. The monoisotopic (exact) mass is 377 g/mol. The van der Waals surface area contributed by atoms with E-state index in [1.807, 2.05) is 49.4 Å². The third kappa shape index (κ3) is 4.79. The largest absolute Gasteiger partial charge is 0.497 e. The van der Waals surface area contributed by atoms with Crippen LogP contribution in [0, 0.1) is 6.92 Å². The summed E-state index contributed by atoms with van der Waals surface area (Å²) in [5.41, 5.74) is 3.27. The summed E-state index contributed by atoms with van der Waals surface area (Å²) in [5.74, 6) is 2.61. The van der Waals surface area contributed by atoms with E-state index >= 15 is 0 Å². The third-order valence-corrected chi connectivity index (χ3v) is 4.39. The molecule has 5 heteroatoms. The molecule has 3 rings (SSSR count). The summed E-state index contributed by atoms with van der Waals surface area (Å²) < 4.78 is 11.1. The molecule has 0 atom stereocenters. The highest BCUT2D eigenvalue weighted by Crippen LogP contribution is 2.29. The second kappa shape index (κ2) is 8.95. The van der Waals surface area contributed by atoms with Gasteiger partial charge in [-0.1, -0.05) is 35.9 Å². The van der Waals surface area contributed by atoms with E-state index in [-0.39, 0.29) is 12.4 Å². The highest BCUT2D eigenvalue weighted by molar-refractivity contribution is 6.31. The molecule has 2 aromatic carbocycles. The minimum atomic E-state index is 0. The average Bonchev–Trinajstić information content (AvgIpc) is 3.06. The first-order chi connectivity index (χ1) is 11.7. The lowest BCUT2D eigenvalue weighted by molar-refractivity contribution is 0.414. The minimum Gasteiger partial charge on any atom is -0.497 e. The van der Waals surface area contributed by atoms with E-state index in [9.17, 15) is 0 Å². The molecule has 132 valence electrons. The van der Waals surface area contributed by atoms with E-state index in [1.54, 1.807) is 7.11 Å². The van der Waals surface area contributed by atoms with Gasteiger partial charge in [0.2, 0.25) is 0 Å². The molecule has 0 unspecified atom stereocenters. The molecular weight excluding hydrogens is 357 g/mol. The summed E-state index contributed by atoms with van der Waals surface area (Å²) in [6, 6.07) is 17.9. The quantitative estimate of drug-likeness (QED) is 0.604. The van der Waals surface area contributed by atoms with Gasteiger partial charge in [0.1, 0.15) is 17.3 Å². The number of methoxy groups -OCH3 is 1. The van der Waals surface area contributed by atoms with Crippen molar-refractivity contribution in [1.82, 2.24) is 5.32 Å². The molecule has 3 aromatic rings. The molecule has 0 saturated carbocycles. The summed E-state index contributed by atoms with van der Waals surface area (Å²) in [4.78, 5) is 0. The van der Waals surface area contributed by atoms with Crippen LogP contribution >= 0.6 is 24.0 Å². The molecule has 0 saturated heterocycles. The molecular formula is C20H21Cl2NO2. The van der Waals surface area contributed by atoms with Crippen molar-refractivity contribution in [2.45, 2.75) is 20.0 Å². The van der Waals surface area contributed by atoms with Crippen molar-refractivity contribution in [2.75, 3.05) is 7.11 Å². The van der Waals surface area contributed by atoms with Crippen molar-refractivity contribution in [2.24, 2.45) is 0 Å². The molecule has 0 aliphatic heterocycles. The van der Waals surface area contributed by atoms with Gasteiger partial charge >= 0.3 is 0 Å².